The standard InChI is InChI=1S/C23H22N4O2S.ClH/c1-26-30(28,29)22-15-17(12-13-21(22)18-8-3-2-4-9-18)7-6-14-27-20-11-5-10-19(16-20)23(24)25;/h2-5,8-13,15-16,26-27H,14H2,1H3,(H3,24,25);1H. The van der Waals surface area contributed by atoms with Crippen LogP contribution >= 0.6 is 12.4 Å². The molecule has 0 aromatic heterocycles. The first kappa shape index (κ1) is 24.0. The third-order valence-corrected chi connectivity index (χ3v) is 5.87. The summed E-state index contributed by atoms with van der Waals surface area (Å²) in [6, 6.07) is 21.7. The highest BCUT2D eigenvalue weighted by Gasteiger charge is 2.18. The molecule has 3 rings (SSSR count). The zero-order valence-electron chi connectivity index (χ0n) is 16.8. The van der Waals surface area contributed by atoms with Gasteiger partial charge in [0.15, 0.2) is 0 Å². The molecular formula is C23H23ClN4O2S. The summed E-state index contributed by atoms with van der Waals surface area (Å²) in [6.45, 7) is 0.357. The number of nitrogens with one attached hydrogen (secondary N) is 3. The lowest BCUT2D eigenvalue weighted by atomic mass is 10.0. The molecule has 0 heterocycles. The number of anilines is 1. The van der Waals surface area contributed by atoms with Crippen LogP contribution in [0.25, 0.3) is 11.1 Å². The summed E-state index contributed by atoms with van der Waals surface area (Å²) >= 11 is 0. The van der Waals surface area contributed by atoms with Crippen LogP contribution in [0.1, 0.15) is 11.1 Å². The van der Waals surface area contributed by atoms with Crippen LogP contribution in [0.4, 0.5) is 5.69 Å². The monoisotopic (exact) mass is 454 g/mol. The number of nitrogen functional groups attached to an aromatic ring is 1. The van der Waals surface area contributed by atoms with E-state index in [-0.39, 0.29) is 23.1 Å². The predicted octanol–water partition coefficient (Wildman–Crippen LogP) is 3.43. The van der Waals surface area contributed by atoms with Crippen LogP contribution in [-0.2, 0) is 10.0 Å². The van der Waals surface area contributed by atoms with Crippen molar-refractivity contribution in [3.63, 3.8) is 0 Å². The van der Waals surface area contributed by atoms with E-state index in [1.54, 1.807) is 30.3 Å². The van der Waals surface area contributed by atoms with Crippen LogP contribution in [0, 0.1) is 17.3 Å². The summed E-state index contributed by atoms with van der Waals surface area (Å²) in [4.78, 5) is 0.185. The van der Waals surface area contributed by atoms with Gasteiger partial charge in [-0.15, -0.1) is 12.4 Å². The van der Waals surface area contributed by atoms with Crippen LogP contribution < -0.4 is 15.8 Å². The largest absolute Gasteiger partial charge is 0.384 e. The van der Waals surface area contributed by atoms with E-state index >= 15 is 0 Å². The summed E-state index contributed by atoms with van der Waals surface area (Å²) in [5.74, 6) is 5.99. The van der Waals surface area contributed by atoms with E-state index in [2.05, 4.69) is 21.9 Å². The maximum absolute atomic E-state index is 12.6. The molecule has 0 unspecified atom stereocenters. The molecule has 0 aliphatic rings. The number of rotatable bonds is 6. The van der Waals surface area contributed by atoms with E-state index in [1.165, 1.54) is 7.05 Å². The second kappa shape index (κ2) is 10.6. The van der Waals surface area contributed by atoms with Crippen LogP contribution in [0.2, 0.25) is 0 Å². The maximum Gasteiger partial charge on any atom is 0.240 e. The Labute approximate surface area is 188 Å². The first-order valence-electron chi connectivity index (χ1n) is 9.21. The number of nitrogens with two attached hydrogens (primary N) is 1. The smallest absolute Gasteiger partial charge is 0.240 e. The molecule has 5 N–H and O–H groups in total. The molecule has 8 heteroatoms. The summed E-state index contributed by atoms with van der Waals surface area (Å²) in [6.07, 6.45) is 0. The van der Waals surface area contributed by atoms with Gasteiger partial charge in [-0.1, -0.05) is 60.4 Å². The molecule has 0 aliphatic heterocycles. The lowest BCUT2D eigenvalue weighted by Crippen LogP contribution is -2.19. The Morgan fingerprint density at radius 3 is 2.45 bits per heavy atom. The van der Waals surface area contributed by atoms with Crippen LogP contribution in [-0.4, -0.2) is 27.8 Å². The molecule has 0 aliphatic carbocycles. The molecule has 0 radical (unpaired) electrons. The first-order chi connectivity index (χ1) is 14.4. The normalized spacial score (nSPS) is 10.4. The van der Waals surface area contributed by atoms with Gasteiger partial charge in [-0.25, -0.2) is 13.1 Å². The Hall–Kier alpha value is -3.31. The Kier molecular flexibility index (Phi) is 8.22. The number of halogens is 1. The van der Waals surface area contributed by atoms with Crippen LogP contribution in [0.15, 0.2) is 77.7 Å². The van der Waals surface area contributed by atoms with Gasteiger partial charge in [0.05, 0.1) is 11.4 Å². The summed E-state index contributed by atoms with van der Waals surface area (Å²) in [5.41, 5.74) is 8.97. The van der Waals surface area contributed by atoms with Crippen LogP contribution in [0.5, 0.6) is 0 Å². The van der Waals surface area contributed by atoms with Gasteiger partial charge in [0.1, 0.15) is 5.84 Å². The molecule has 6 nitrogen and oxygen atoms in total. The number of benzene rings is 3. The Morgan fingerprint density at radius 1 is 1.03 bits per heavy atom. The fourth-order valence-corrected chi connectivity index (χ4v) is 3.86. The lowest BCUT2D eigenvalue weighted by Gasteiger charge is -2.10. The van der Waals surface area contributed by atoms with Crippen molar-refractivity contribution in [1.82, 2.24) is 4.72 Å². The van der Waals surface area contributed by atoms with Crippen molar-refractivity contribution in [3.8, 4) is 23.0 Å². The van der Waals surface area contributed by atoms with E-state index in [9.17, 15) is 8.42 Å². The molecule has 31 heavy (non-hydrogen) atoms. The molecule has 3 aromatic carbocycles. The fraction of sp³-hybridized carbons (Fsp3) is 0.0870. The summed E-state index contributed by atoms with van der Waals surface area (Å²) in [5, 5.41) is 10.6. The number of amidine groups is 1. The van der Waals surface area contributed by atoms with E-state index in [1.807, 2.05) is 42.5 Å². The molecule has 0 amide bonds. The molecule has 0 bridgehead atoms. The van der Waals surface area contributed by atoms with Crippen LogP contribution in [0.3, 0.4) is 0 Å². The average Bonchev–Trinajstić information content (AvgIpc) is 2.77. The van der Waals surface area contributed by atoms with Crippen molar-refractivity contribution in [3.05, 3.63) is 83.9 Å². The maximum atomic E-state index is 12.6. The highest BCUT2D eigenvalue weighted by atomic mass is 35.5. The number of hydrogen-bond donors (Lipinski definition) is 4. The van der Waals surface area contributed by atoms with E-state index in [4.69, 9.17) is 11.1 Å². The topological polar surface area (TPSA) is 108 Å². The van der Waals surface area contributed by atoms with E-state index in [0.717, 1.165) is 11.3 Å². The quantitative estimate of drug-likeness (QED) is 0.260. The Bertz CT molecular complexity index is 1230. The lowest BCUT2D eigenvalue weighted by molar-refractivity contribution is 0.588. The van der Waals surface area contributed by atoms with Crippen molar-refractivity contribution in [2.24, 2.45) is 5.73 Å². The number of hydrogen-bond acceptors (Lipinski definition) is 4. The minimum Gasteiger partial charge on any atom is -0.384 e. The number of sulfonamides is 1. The van der Waals surface area contributed by atoms with E-state index < -0.39 is 10.0 Å². The van der Waals surface area contributed by atoms with Crippen molar-refractivity contribution < 1.29 is 8.42 Å². The average molecular weight is 455 g/mol. The van der Waals surface area contributed by atoms with Gasteiger partial charge in [-0.3, -0.25) is 5.41 Å². The van der Waals surface area contributed by atoms with Crippen molar-refractivity contribution >= 4 is 34.0 Å². The zero-order valence-corrected chi connectivity index (χ0v) is 18.5. The first-order valence-corrected chi connectivity index (χ1v) is 10.7. The van der Waals surface area contributed by atoms with Crippen molar-refractivity contribution in [1.29, 1.82) is 5.41 Å². The van der Waals surface area contributed by atoms with E-state index in [0.29, 0.717) is 23.2 Å². The molecular weight excluding hydrogens is 432 g/mol. The van der Waals surface area contributed by atoms with Gasteiger partial charge < -0.3 is 11.1 Å². The molecule has 0 saturated carbocycles. The fourth-order valence-electron chi connectivity index (χ4n) is 2.88. The molecule has 3 aromatic rings. The van der Waals surface area contributed by atoms with Crippen molar-refractivity contribution in [2.75, 3.05) is 18.9 Å². The SMILES string of the molecule is CNS(=O)(=O)c1cc(C#CCNc2cccc(C(=N)N)c2)ccc1-c1ccccc1.Cl. The Balaban J connectivity index is 0.00000341. The minimum absolute atomic E-state index is 0. The molecule has 160 valence electrons. The molecule has 0 atom stereocenters. The Morgan fingerprint density at radius 2 is 1.77 bits per heavy atom. The van der Waals surface area contributed by atoms with Gasteiger partial charge in [-0.05, 0) is 36.9 Å². The predicted molar refractivity (Wildman–Crippen MR) is 128 cm³/mol. The summed E-state index contributed by atoms with van der Waals surface area (Å²) < 4.78 is 27.5. The summed E-state index contributed by atoms with van der Waals surface area (Å²) in [7, 11) is -2.26. The third-order valence-electron chi connectivity index (χ3n) is 4.41. The second-order valence-corrected chi connectivity index (χ2v) is 8.29. The van der Waals surface area contributed by atoms with Gasteiger partial charge in [0.25, 0.3) is 0 Å². The molecule has 0 fully saturated rings. The van der Waals surface area contributed by atoms with Gasteiger partial charge in [-0.2, -0.15) is 0 Å². The minimum atomic E-state index is -3.65. The zero-order chi connectivity index (χ0) is 21.6. The molecule has 0 spiro atoms. The van der Waals surface area contributed by atoms with Gasteiger partial charge in [0.2, 0.25) is 10.0 Å². The highest BCUT2D eigenvalue weighted by Crippen LogP contribution is 2.28. The molecule has 0 saturated heterocycles. The van der Waals surface area contributed by atoms with Gasteiger partial charge >= 0.3 is 0 Å². The van der Waals surface area contributed by atoms with Gasteiger partial charge in [0, 0.05) is 22.4 Å². The van der Waals surface area contributed by atoms with Crippen molar-refractivity contribution in [2.45, 2.75) is 4.90 Å². The highest BCUT2D eigenvalue weighted by molar-refractivity contribution is 7.89. The second-order valence-electron chi connectivity index (χ2n) is 6.43. The third kappa shape index (κ3) is 6.09.